The average molecular weight is 501 g/mol. The molecule has 208 valence electrons. The molecule has 1 aliphatic heterocycles. The van der Waals surface area contributed by atoms with Gasteiger partial charge in [-0.2, -0.15) is 0 Å². The maximum atomic E-state index is 12.0. The zero-order valence-corrected chi connectivity index (χ0v) is 22.6. The number of carbonyl (C=O) groups excluding carboxylic acids is 1. The molecule has 0 aromatic heterocycles. The molecule has 4 atom stereocenters. The SMILES string of the molecule is CCCCCCCCCCCCCCCCCCCCCCC(=O)O[C@@H]1CO[C@H]([C@H](O)CO)[C@@H]1O. The van der Waals surface area contributed by atoms with Crippen molar-refractivity contribution in [3.05, 3.63) is 0 Å². The van der Waals surface area contributed by atoms with E-state index in [0.717, 1.165) is 19.3 Å². The minimum Gasteiger partial charge on any atom is -0.457 e. The highest BCUT2D eigenvalue weighted by atomic mass is 16.6. The first-order valence-electron chi connectivity index (χ1n) is 14.9. The lowest BCUT2D eigenvalue weighted by atomic mass is 10.0. The van der Waals surface area contributed by atoms with Crippen LogP contribution in [0, 0.1) is 0 Å². The first-order valence-corrected chi connectivity index (χ1v) is 14.9. The van der Waals surface area contributed by atoms with Crippen LogP contribution in [0.3, 0.4) is 0 Å². The van der Waals surface area contributed by atoms with Crippen molar-refractivity contribution in [2.75, 3.05) is 13.2 Å². The molecule has 1 rings (SSSR count). The van der Waals surface area contributed by atoms with Crippen molar-refractivity contribution < 1.29 is 29.6 Å². The molecule has 0 spiro atoms. The van der Waals surface area contributed by atoms with Crippen LogP contribution in [-0.2, 0) is 14.3 Å². The molecule has 0 radical (unpaired) electrons. The summed E-state index contributed by atoms with van der Waals surface area (Å²) in [4.78, 5) is 12.0. The summed E-state index contributed by atoms with van der Waals surface area (Å²) >= 11 is 0. The van der Waals surface area contributed by atoms with Gasteiger partial charge in [0.25, 0.3) is 0 Å². The Morgan fingerprint density at radius 2 is 1.17 bits per heavy atom. The van der Waals surface area contributed by atoms with Gasteiger partial charge in [-0.25, -0.2) is 0 Å². The molecule has 6 nitrogen and oxygen atoms in total. The number of aliphatic hydroxyl groups is 3. The Morgan fingerprint density at radius 1 is 0.771 bits per heavy atom. The van der Waals surface area contributed by atoms with E-state index in [1.54, 1.807) is 0 Å². The third-order valence-corrected chi connectivity index (χ3v) is 7.25. The van der Waals surface area contributed by atoms with E-state index in [1.165, 1.54) is 109 Å². The van der Waals surface area contributed by atoms with E-state index in [-0.39, 0.29) is 12.6 Å². The van der Waals surface area contributed by atoms with Crippen molar-refractivity contribution in [1.82, 2.24) is 0 Å². The van der Waals surface area contributed by atoms with Crippen molar-refractivity contribution in [1.29, 1.82) is 0 Å². The molecule has 0 aromatic carbocycles. The molecule has 1 fully saturated rings. The van der Waals surface area contributed by atoms with Crippen LogP contribution >= 0.6 is 0 Å². The normalized spacial score (nSPS) is 20.9. The zero-order valence-electron chi connectivity index (χ0n) is 22.6. The molecule has 0 saturated carbocycles. The number of hydrogen-bond acceptors (Lipinski definition) is 6. The molecule has 0 aromatic rings. The lowest BCUT2D eigenvalue weighted by Crippen LogP contribution is -2.41. The predicted molar refractivity (Wildman–Crippen MR) is 141 cm³/mol. The van der Waals surface area contributed by atoms with Gasteiger partial charge in [-0.05, 0) is 6.42 Å². The van der Waals surface area contributed by atoms with Crippen molar-refractivity contribution in [2.24, 2.45) is 0 Å². The van der Waals surface area contributed by atoms with Crippen LogP contribution in [0.25, 0.3) is 0 Å². The monoisotopic (exact) mass is 500 g/mol. The van der Waals surface area contributed by atoms with E-state index in [9.17, 15) is 15.0 Å². The van der Waals surface area contributed by atoms with Crippen LogP contribution in [0.2, 0.25) is 0 Å². The molecule has 0 bridgehead atoms. The first kappa shape index (κ1) is 32.3. The van der Waals surface area contributed by atoms with Gasteiger partial charge in [-0.1, -0.05) is 129 Å². The summed E-state index contributed by atoms with van der Waals surface area (Å²) in [6.45, 7) is 1.83. The number of aliphatic hydroxyl groups excluding tert-OH is 3. The van der Waals surface area contributed by atoms with Crippen LogP contribution < -0.4 is 0 Å². The van der Waals surface area contributed by atoms with Gasteiger partial charge >= 0.3 is 5.97 Å². The minimum absolute atomic E-state index is 0.0495. The van der Waals surface area contributed by atoms with E-state index < -0.39 is 31.0 Å². The Labute approximate surface area is 215 Å². The summed E-state index contributed by atoms with van der Waals surface area (Å²) in [5.74, 6) is -0.334. The van der Waals surface area contributed by atoms with Gasteiger partial charge in [0.15, 0.2) is 6.10 Å². The van der Waals surface area contributed by atoms with Crippen LogP contribution in [0.1, 0.15) is 142 Å². The Hall–Kier alpha value is -0.690. The second-order valence-electron chi connectivity index (χ2n) is 10.5. The lowest BCUT2D eigenvalue weighted by Gasteiger charge is -2.20. The summed E-state index contributed by atoms with van der Waals surface area (Å²) in [6, 6.07) is 0. The summed E-state index contributed by atoms with van der Waals surface area (Å²) < 4.78 is 10.5. The van der Waals surface area contributed by atoms with E-state index in [0.29, 0.717) is 6.42 Å². The Balaban J connectivity index is 1.79. The van der Waals surface area contributed by atoms with Gasteiger partial charge < -0.3 is 24.8 Å². The molecule has 0 aliphatic carbocycles. The zero-order chi connectivity index (χ0) is 25.6. The highest BCUT2D eigenvalue weighted by Crippen LogP contribution is 2.21. The number of ether oxygens (including phenoxy) is 2. The quantitative estimate of drug-likeness (QED) is 0.107. The number of hydrogen-bond donors (Lipinski definition) is 3. The van der Waals surface area contributed by atoms with Gasteiger partial charge in [-0.15, -0.1) is 0 Å². The van der Waals surface area contributed by atoms with E-state index >= 15 is 0 Å². The van der Waals surface area contributed by atoms with Crippen LogP contribution in [0.5, 0.6) is 0 Å². The summed E-state index contributed by atoms with van der Waals surface area (Å²) in [7, 11) is 0. The molecule has 1 saturated heterocycles. The molecule has 35 heavy (non-hydrogen) atoms. The molecular weight excluding hydrogens is 444 g/mol. The second kappa shape index (κ2) is 22.5. The van der Waals surface area contributed by atoms with Gasteiger partial charge in [0, 0.05) is 6.42 Å². The second-order valence-corrected chi connectivity index (χ2v) is 10.5. The smallest absolute Gasteiger partial charge is 0.306 e. The van der Waals surface area contributed by atoms with Gasteiger partial charge in [-0.3, -0.25) is 4.79 Å². The maximum Gasteiger partial charge on any atom is 0.306 e. The fraction of sp³-hybridized carbons (Fsp3) is 0.966. The molecule has 0 amide bonds. The Kier molecular flexibility index (Phi) is 20.8. The van der Waals surface area contributed by atoms with Crippen LogP contribution in [-0.4, -0.2) is 58.9 Å². The molecule has 0 unspecified atom stereocenters. The van der Waals surface area contributed by atoms with Gasteiger partial charge in [0.2, 0.25) is 0 Å². The minimum atomic E-state index is -1.17. The first-order chi connectivity index (χ1) is 17.1. The Bertz CT molecular complexity index is 486. The number of unbranched alkanes of at least 4 members (excludes halogenated alkanes) is 19. The molecule has 3 N–H and O–H groups in total. The number of rotatable bonds is 24. The molecule has 6 heteroatoms. The van der Waals surface area contributed by atoms with E-state index in [4.69, 9.17) is 14.6 Å². The van der Waals surface area contributed by atoms with Gasteiger partial charge in [0.05, 0.1) is 13.2 Å². The number of esters is 1. The van der Waals surface area contributed by atoms with E-state index in [1.807, 2.05) is 0 Å². The van der Waals surface area contributed by atoms with Crippen molar-refractivity contribution in [3.8, 4) is 0 Å². The third kappa shape index (κ3) is 16.6. The van der Waals surface area contributed by atoms with E-state index in [2.05, 4.69) is 6.92 Å². The summed E-state index contributed by atoms with van der Waals surface area (Å²) in [6.07, 6.45) is 22.9. The van der Waals surface area contributed by atoms with Crippen molar-refractivity contribution in [3.63, 3.8) is 0 Å². The highest BCUT2D eigenvalue weighted by Gasteiger charge is 2.42. The fourth-order valence-corrected chi connectivity index (χ4v) is 4.91. The standard InChI is InChI=1S/C29H56O6/c1-2-3-4-5-6-7-8-9-10-11-12-13-14-15-16-17-18-19-20-21-22-27(32)35-26-24-34-29(28(26)33)25(31)23-30/h25-26,28-31,33H,2-24H2,1H3/t25-,26-,28-,29-/m1/s1. The van der Waals surface area contributed by atoms with Crippen LogP contribution in [0.4, 0.5) is 0 Å². The topological polar surface area (TPSA) is 96.2 Å². The largest absolute Gasteiger partial charge is 0.457 e. The fourth-order valence-electron chi connectivity index (χ4n) is 4.91. The summed E-state index contributed by atoms with van der Waals surface area (Å²) in [5, 5.41) is 28.6. The number of carbonyl (C=O) groups is 1. The average Bonchev–Trinajstić information content (AvgIpc) is 3.22. The molecular formula is C29H56O6. The maximum absolute atomic E-state index is 12.0. The molecule has 1 aliphatic rings. The molecule has 1 heterocycles. The third-order valence-electron chi connectivity index (χ3n) is 7.25. The predicted octanol–water partition coefficient (Wildman–Crippen LogP) is 6.22. The van der Waals surface area contributed by atoms with Crippen molar-refractivity contribution in [2.45, 2.75) is 166 Å². The summed E-state index contributed by atoms with van der Waals surface area (Å²) in [5.41, 5.74) is 0. The lowest BCUT2D eigenvalue weighted by molar-refractivity contribution is -0.153. The van der Waals surface area contributed by atoms with Crippen LogP contribution in [0.15, 0.2) is 0 Å². The highest BCUT2D eigenvalue weighted by molar-refractivity contribution is 5.69. The van der Waals surface area contributed by atoms with Gasteiger partial charge in [0.1, 0.15) is 18.3 Å². The van der Waals surface area contributed by atoms with Crippen molar-refractivity contribution >= 4 is 5.97 Å². The Morgan fingerprint density at radius 3 is 1.57 bits per heavy atom.